The first kappa shape index (κ1) is 10.3. The molecule has 2 fully saturated rings. The fraction of sp³-hybridized carbons (Fsp3) is 0.900. The lowest BCUT2D eigenvalue weighted by molar-refractivity contribution is -0.139. The molecule has 0 amide bonds. The minimum absolute atomic E-state index is 0.289. The standard InChI is InChI=1S/C10H17NO2S/c12-10(13)8-5-7(6-11-8)9-3-1-2-4-14-9/h7-9,11H,1-6H2,(H,12,13). The number of hydrogen-bond donors (Lipinski definition) is 2. The van der Waals surface area contributed by atoms with Gasteiger partial charge in [0, 0.05) is 5.25 Å². The number of nitrogens with one attached hydrogen (secondary N) is 1. The van der Waals surface area contributed by atoms with Crippen molar-refractivity contribution in [3.05, 3.63) is 0 Å². The number of rotatable bonds is 2. The van der Waals surface area contributed by atoms with Crippen LogP contribution in [-0.2, 0) is 4.79 Å². The lowest BCUT2D eigenvalue weighted by atomic mass is 9.97. The van der Waals surface area contributed by atoms with E-state index in [1.165, 1.54) is 25.0 Å². The molecule has 80 valence electrons. The summed E-state index contributed by atoms with van der Waals surface area (Å²) in [5.74, 6) is 1.16. The molecule has 0 bridgehead atoms. The molecule has 2 saturated heterocycles. The van der Waals surface area contributed by atoms with E-state index in [9.17, 15) is 4.79 Å². The maximum atomic E-state index is 10.8. The molecule has 3 unspecified atom stereocenters. The first-order valence-electron chi connectivity index (χ1n) is 5.35. The molecule has 4 heteroatoms. The maximum absolute atomic E-state index is 10.8. The van der Waals surface area contributed by atoms with E-state index in [0.29, 0.717) is 11.2 Å². The van der Waals surface area contributed by atoms with Gasteiger partial charge in [0.2, 0.25) is 0 Å². The van der Waals surface area contributed by atoms with E-state index in [1.807, 2.05) is 11.8 Å². The van der Waals surface area contributed by atoms with E-state index in [4.69, 9.17) is 5.11 Å². The Morgan fingerprint density at radius 1 is 1.43 bits per heavy atom. The molecule has 3 nitrogen and oxygen atoms in total. The van der Waals surface area contributed by atoms with Gasteiger partial charge in [0.1, 0.15) is 6.04 Å². The summed E-state index contributed by atoms with van der Waals surface area (Å²) in [4.78, 5) is 10.8. The highest BCUT2D eigenvalue weighted by Crippen LogP contribution is 2.34. The van der Waals surface area contributed by atoms with Crippen molar-refractivity contribution in [2.45, 2.75) is 37.0 Å². The molecule has 2 rings (SSSR count). The van der Waals surface area contributed by atoms with Crippen LogP contribution in [0.3, 0.4) is 0 Å². The van der Waals surface area contributed by atoms with Crippen LogP contribution in [0.4, 0.5) is 0 Å². The third-order valence-electron chi connectivity index (χ3n) is 3.20. The monoisotopic (exact) mass is 215 g/mol. The molecule has 0 radical (unpaired) electrons. The predicted octanol–water partition coefficient (Wildman–Crippen LogP) is 1.33. The van der Waals surface area contributed by atoms with E-state index in [1.54, 1.807) is 0 Å². The second-order valence-corrected chi connectivity index (χ2v) is 5.55. The van der Waals surface area contributed by atoms with E-state index < -0.39 is 5.97 Å². The Labute approximate surface area is 88.6 Å². The topological polar surface area (TPSA) is 49.3 Å². The third-order valence-corrected chi connectivity index (χ3v) is 4.78. The summed E-state index contributed by atoms with van der Waals surface area (Å²) in [5.41, 5.74) is 0. The highest BCUT2D eigenvalue weighted by atomic mass is 32.2. The van der Waals surface area contributed by atoms with Crippen molar-refractivity contribution in [1.82, 2.24) is 5.32 Å². The summed E-state index contributed by atoms with van der Waals surface area (Å²) < 4.78 is 0. The number of thioether (sulfide) groups is 1. The molecule has 0 aromatic heterocycles. The normalized spacial score (nSPS) is 38.4. The van der Waals surface area contributed by atoms with Crippen molar-refractivity contribution in [3.8, 4) is 0 Å². The van der Waals surface area contributed by atoms with Gasteiger partial charge in [0.15, 0.2) is 0 Å². The van der Waals surface area contributed by atoms with Gasteiger partial charge in [-0.3, -0.25) is 4.79 Å². The van der Waals surface area contributed by atoms with Crippen molar-refractivity contribution in [2.75, 3.05) is 12.3 Å². The van der Waals surface area contributed by atoms with Crippen molar-refractivity contribution in [3.63, 3.8) is 0 Å². The molecule has 2 aliphatic rings. The van der Waals surface area contributed by atoms with E-state index >= 15 is 0 Å². The Balaban J connectivity index is 1.85. The van der Waals surface area contributed by atoms with Crippen LogP contribution < -0.4 is 5.32 Å². The number of hydrogen-bond acceptors (Lipinski definition) is 3. The Morgan fingerprint density at radius 3 is 2.86 bits per heavy atom. The lowest BCUT2D eigenvalue weighted by Gasteiger charge is -2.26. The smallest absolute Gasteiger partial charge is 0.320 e. The van der Waals surface area contributed by atoms with Crippen molar-refractivity contribution in [1.29, 1.82) is 0 Å². The van der Waals surface area contributed by atoms with Gasteiger partial charge in [-0.1, -0.05) is 6.42 Å². The van der Waals surface area contributed by atoms with E-state index in [-0.39, 0.29) is 6.04 Å². The molecule has 0 aliphatic carbocycles. The summed E-state index contributed by atoms with van der Waals surface area (Å²) in [6.07, 6.45) is 4.77. The Morgan fingerprint density at radius 2 is 2.29 bits per heavy atom. The molecule has 3 atom stereocenters. The fourth-order valence-electron chi connectivity index (χ4n) is 2.37. The number of carboxylic acid groups (broad SMARTS) is 1. The van der Waals surface area contributed by atoms with Gasteiger partial charge in [0.05, 0.1) is 0 Å². The maximum Gasteiger partial charge on any atom is 0.320 e. The highest BCUT2D eigenvalue weighted by molar-refractivity contribution is 7.99. The molecular formula is C10H17NO2S. The molecule has 14 heavy (non-hydrogen) atoms. The fourth-order valence-corrected chi connectivity index (χ4v) is 3.86. The van der Waals surface area contributed by atoms with Crippen LogP contribution in [0.25, 0.3) is 0 Å². The van der Waals surface area contributed by atoms with Crippen LogP contribution in [0.1, 0.15) is 25.7 Å². The van der Waals surface area contributed by atoms with Crippen LogP contribution in [0.2, 0.25) is 0 Å². The van der Waals surface area contributed by atoms with Crippen LogP contribution in [-0.4, -0.2) is 34.7 Å². The average molecular weight is 215 g/mol. The van der Waals surface area contributed by atoms with Crippen molar-refractivity contribution in [2.24, 2.45) is 5.92 Å². The minimum Gasteiger partial charge on any atom is -0.480 e. The first-order chi connectivity index (χ1) is 6.77. The summed E-state index contributed by atoms with van der Waals surface area (Å²) in [7, 11) is 0. The second-order valence-electron chi connectivity index (χ2n) is 4.20. The van der Waals surface area contributed by atoms with Crippen LogP contribution in [0, 0.1) is 5.92 Å². The molecule has 2 heterocycles. The molecule has 2 N–H and O–H groups in total. The Hall–Kier alpha value is -0.220. The second kappa shape index (κ2) is 4.53. The zero-order chi connectivity index (χ0) is 9.97. The van der Waals surface area contributed by atoms with Gasteiger partial charge in [-0.15, -0.1) is 0 Å². The average Bonchev–Trinajstić information content (AvgIpc) is 2.68. The predicted molar refractivity (Wildman–Crippen MR) is 57.6 cm³/mol. The van der Waals surface area contributed by atoms with Crippen LogP contribution in [0.5, 0.6) is 0 Å². The molecule has 0 saturated carbocycles. The van der Waals surface area contributed by atoms with Crippen molar-refractivity contribution >= 4 is 17.7 Å². The number of aliphatic carboxylic acids is 1. The van der Waals surface area contributed by atoms with Crippen LogP contribution >= 0.6 is 11.8 Å². The summed E-state index contributed by atoms with van der Waals surface area (Å²) in [5, 5.41) is 12.7. The van der Waals surface area contributed by atoms with Gasteiger partial charge in [-0.25, -0.2) is 0 Å². The van der Waals surface area contributed by atoms with Gasteiger partial charge in [0.25, 0.3) is 0 Å². The Kier molecular flexibility index (Phi) is 3.34. The van der Waals surface area contributed by atoms with Crippen LogP contribution in [0.15, 0.2) is 0 Å². The summed E-state index contributed by atoms with van der Waals surface area (Å²) in [6.45, 7) is 0.897. The zero-order valence-electron chi connectivity index (χ0n) is 8.24. The molecule has 0 aromatic carbocycles. The first-order valence-corrected chi connectivity index (χ1v) is 6.40. The number of carbonyl (C=O) groups is 1. The number of carboxylic acids is 1. The minimum atomic E-state index is -0.687. The highest BCUT2D eigenvalue weighted by Gasteiger charge is 2.34. The molecule has 2 aliphatic heterocycles. The Bertz CT molecular complexity index is 216. The largest absolute Gasteiger partial charge is 0.480 e. The quantitative estimate of drug-likeness (QED) is 0.729. The van der Waals surface area contributed by atoms with Gasteiger partial charge >= 0.3 is 5.97 Å². The molecule has 0 aromatic rings. The zero-order valence-corrected chi connectivity index (χ0v) is 9.05. The third kappa shape index (κ3) is 2.23. The van der Waals surface area contributed by atoms with Gasteiger partial charge in [-0.05, 0) is 37.5 Å². The summed E-state index contributed by atoms with van der Waals surface area (Å²) in [6, 6.07) is -0.289. The molecular weight excluding hydrogens is 198 g/mol. The summed E-state index contributed by atoms with van der Waals surface area (Å²) >= 11 is 2.04. The van der Waals surface area contributed by atoms with E-state index in [0.717, 1.165) is 13.0 Å². The van der Waals surface area contributed by atoms with Crippen molar-refractivity contribution < 1.29 is 9.90 Å². The van der Waals surface area contributed by atoms with Gasteiger partial charge < -0.3 is 10.4 Å². The molecule has 0 spiro atoms. The lowest BCUT2D eigenvalue weighted by Crippen LogP contribution is -2.30. The van der Waals surface area contributed by atoms with Gasteiger partial charge in [-0.2, -0.15) is 11.8 Å². The van der Waals surface area contributed by atoms with E-state index in [2.05, 4.69) is 5.32 Å². The SMILES string of the molecule is O=C(O)C1CC(C2CCCCS2)CN1.